The van der Waals surface area contributed by atoms with Crippen LogP contribution >= 0.6 is 43.2 Å². The molecule has 4 heterocycles. The van der Waals surface area contributed by atoms with Crippen LogP contribution in [0.4, 0.5) is 0 Å². The highest BCUT2D eigenvalue weighted by Gasteiger charge is 2.45. The maximum absolute atomic E-state index is 13.0. The lowest BCUT2D eigenvalue weighted by atomic mass is 9.89. The van der Waals surface area contributed by atoms with Gasteiger partial charge in [0.15, 0.2) is 18.9 Å². The number of rotatable bonds is 20. The molecule has 9 nitrogen and oxygen atoms in total. The monoisotopic (exact) mass is 922 g/mol. The number of carbonyl (C=O) groups is 1. The lowest BCUT2D eigenvalue weighted by molar-refractivity contribution is -0.203. The number of benzene rings is 1. The van der Waals surface area contributed by atoms with Crippen molar-refractivity contribution in [2.75, 3.05) is 26.4 Å². The largest absolute Gasteiger partial charge is 0.456 e. The minimum Gasteiger partial charge on any atom is -0.456 e. The Bertz CT molecular complexity index is 1490. The van der Waals surface area contributed by atoms with E-state index in [0.717, 1.165) is 111 Å². The molecule has 1 aliphatic carbocycles. The lowest BCUT2D eigenvalue weighted by Gasteiger charge is -2.30. The molecule has 310 valence electrons. The Morgan fingerprint density at radius 2 is 1.55 bits per heavy atom. The summed E-state index contributed by atoms with van der Waals surface area (Å²) in [5.74, 6) is -0.156. The Balaban J connectivity index is 1.09. The highest BCUT2D eigenvalue weighted by atomic mass is 79.9. The Morgan fingerprint density at radius 3 is 2.20 bits per heavy atom. The molecule has 3 aliphatic heterocycles. The second-order valence-electron chi connectivity index (χ2n) is 15.4. The molecule has 0 spiro atoms. The van der Waals surface area contributed by atoms with E-state index in [2.05, 4.69) is 56.2 Å². The van der Waals surface area contributed by atoms with Crippen molar-refractivity contribution in [3.8, 4) is 0 Å². The number of thiophene rings is 1. The Morgan fingerprint density at radius 1 is 0.875 bits per heavy atom. The lowest BCUT2D eigenvalue weighted by Crippen LogP contribution is -2.31. The molecular formula is C44H60Br2O9S. The number of aliphatic hydroxyl groups excluding tert-OH is 1. The number of ether oxygens (including phenoxy) is 7. The molecule has 0 radical (unpaired) electrons. The van der Waals surface area contributed by atoms with Gasteiger partial charge >= 0.3 is 5.97 Å². The average Bonchev–Trinajstić information content (AvgIpc) is 3.72. The van der Waals surface area contributed by atoms with Gasteiger partial charge in [0.2, 0.25) is 0 Å². The van der Waals surface area contributed by atoms with Crippen LogP contribution < -0.4 is 0 Å². The van der Waals surface area contributed by atoms with Crippen molar-refractivity contribution in [3.05, 3.63) is 79.4 Å². The standard InChI is InChI=1S/C44H60Br2O9S/c45-39-28-32(43(46)56-39)21-22-33(47)23-24-36-35(37(54-41-19-9-12-26-50-41)29-38(36)55-42-20-10-13-27-51-42)17-7-2-1-6-16-34(30-52-40-18-8-11-25-49-40)53-44(48)31-14-4-3-5-15-31/h2-5,7,14-15,23-24,28,33-38,40-42,47H,1,6,8-13,16-22,25-27,29-30H2/b7-2-,24-23+/t33-,34?,35+,36+,37-,38+,40?,41?,42?/m0/s1. The molecule has 9 atom stereocenters. The second-order valence-corrected chi connectivity index (χ2v) is 19.2. The van der Waals surface area contributed by atoms with Crippen molar-refractivity contribution in [1.82, 2.24) is 0 Å². The molecule has 56 heavy (non-hydrogen) atoms. The van der Waals surface area contributed by atoms with Crippen LogP contribution in [0.1, 0.15) is 112 Å². The third-order valence-electron chi connectivity index (χ3n) is 11.1. The fraction of sp³-hybridized carbons (Fsp3) is 0.659. The summed E-state index contributed by atoms with van der Waals surface area (Å²) in [4.78, 5) is 13.0. The first-order valence-electron chi connectivity index (χ1n) is 20.9. The zero-order valence-electron chi connectivity index (χ0n) is 32.5. The molecular weight excluding hydrogens is 864 g/mol. The fourth-order valence-corrected chi connectivity index (χ4v) is 11.0. The van der Waals surface area contributed by atoms with Crippen molar-refractivity contribution >= 4 is 49.2 Å². The van der Waals surface area contributed by atoms with Gasteiger partial charge in [-0.15, -0.1) is 11.3 Å². The smallest absolute Gasteiger partial charge is 0.338 e. The zero-order valence-corrected chi connectivity index (χ0v) is 36.5. The first-order chi connectivity index (χ1) is 27.4. The summed E-state index contributed by atoms with van der Waals surface area (Å²) >= 11 is 8.88. The van der Waals surface area contributed by atoms with Crippen molar-refractivity contribution in [3.63, 3.8) is 0 Å². The van der Waals surface area contributed by atoms with E-state index < -0.39 is 6.10 Å². The van der Waals surface area contributed by atoms with Gasteiger partial charge < -0.3 is 38.3 Å². The highest BCUT2D eigenvalue weighted by molar-refractivity contribution is 9.12. The molecule has 1 aromatic carbocycles. The topological polar surface area (TPSA) is 102 Å². The van der Waals surface area contributed by atoms with Crippen LogP contribution in [0.25, 0.3) is 0 Å². The van der Waals surface area contributed by atoms with Crippen molar-refractivity contribution < 1.29 is 43.1 Å². The Hall–Kier alpha value is -1.45. The first-order valence-corrected chi connectivity index (χ1v) is 23.3. The van der Waals surface area contributed by atoms with E-state index in [1.165, 1.54) is 5.56 Å². The van der Waals surface area contributed by atoms with Crippen LogP contribution in [-0.2, 0) is 39.6 Å². The van der Waals surface area contributed by atoms with Gasteiger partial charge in [0.05, 0.1) is 38.1 Å². The van der Waals surface area contributed by atoms with E-state index in [-0.39, 0.29) is 55.0 Å². The summed E-state index contributed by atoms with van der Waals surface area (Å²) < 4.78 is 45.6. The maximum atomic E-state index is 13.0. The van der Waals surface area contributed by atoms with E-state index in [1.54, 1.807) is 23.5 Å². The van der Waals surface area contributed by atoms with Crippen LogP contribution in [-0.4, -0.2) is 80.8 Å². The second kappa shape index (κ2) is 24.0. The molecule has 1 aromatic heterocycles. The predicted molar refractivity (Wildman–Crippen MR) is 225 cm³/mol. The van der Waals surface area contributed by atoms with E-state index in [4.69, 9.17) is 33.2 Å². The summed E-state index contributed by atoms with van der Waals surface area (Å²) in [6.07, 6.45) is 21.3. The molecule has 0 bridgehead atoms. The van der Waals surface area contributed by atoms with Crippen molar-refractivity contribution in [2.24, 2.45) is 11.8 Å². The van der Waals surface area contributed by atoms with Gasteiger partial charge in [-0.2, -0.15) is 0 Å². The zero-order chi connectivity index (χ0) is 39.0. The fourth-order valence-electron chi connectivity index (χ4n) is 8.05. The van der Waals surface area contributed by atoms with Gasteiger partial charge in [0, 0.05) is 32.2 Å². The summed E-state index contributed by atoms with van der Waals surface area (Å²) in [6.45, 7) is 2.46. The number of hydrogen-bond donors (Lipinski definition) is 1. The predicted octanol–water partition coefficient (Wildman–Crippen LogP) is 10.5. The van der Waals surface area contributed by atoms with Gasteiger partial charge in [-0.25, -0.2) is 4.79 Å². The number of carbonyl (C=O) groups excluding carboxylic acids is 1. The Labute approximate surface area is 354 Å². The van der Waals surface area contributed by atoms with Gasteiger partial charge in [0.1, 0.15) is 6.10 Å². The molecule has 0 amide bonds. The van der Waals surface area contributed by atoms with Crippen LogP contribution in [0.15, 0.2) is 68.3 Å². The van der Waals surface area contributed by atoms with Gasteiger partial charge in [-0.05, 0) is 158 Å². The van der Waals surface area contributed by atoms with E-state index >= 15 is 0 Å². The molecule has 4 aliphatic rings. The SMILES string of the molecule is O=C(OC(CCC/C=C\C[C@@H]1[C@@H](/C=C/[C@@H](O)CCc2cc(Br)sc2Br)[C@H](OC2CCCCO2)C[C@@H]1OC1CCCCO1)COC1CCCCO1)c1ccccc1. The quantitative estimate of drug-likeness (QED) is 0.0790. The molecule has 1 N–H and O–H groups in total. The third-order valence-corrected chi connectivity index (χ3v) is 13.6. The van der Waals surface area contributed by atoms with Crippen molar-refractivity contribution in [1.29, 1.82) is 0 Å². The van der Waals surface area contributed by atoms with Crippen LogP contribution in [0, 0.1) is 11.8 Å². The summed E-state index contributed by atoms with van der Waals surface area (Å²) in [7, 11) is 0. The normalized spacial score (nSPS) is 28.5. The number of aliphatic hydroxyl groups is 1. The number of aryl methyl sites for hydroxylation is 1. The average molecular weight is 925 g/mol. The van der Waals surface area contributed by atoms with Gasteiger partial charge in [-0.1, -0.05) is 42.5 Å². The molecule has 2 aromatic rings. The Kier molecular flexibility index (Phi) is 18.9. The number of halogens is 2. The van der Waals surface area contributed by atoms with Crippen LogP contribution in [0.3, 0.4) is 0 Å². The highest BCUT2D eigenvalue weighted by Crippen LogP contribution is 2.42. The molecule has 4 fully saturated rings. The maximum Gasteiger partial charge on any atom is 0.338 e. The van der Waals surface area contributed by atoms with E-state index in [0.29, 0.717) is 31.6 Å². The number of unbranched alkanes of at least 4 members (excludes halogenated alkanes) is 1. The summed E-state index contributed by atoms with van der Waals surface area (Å²) in [5.41, 5.74) is 1.73. The number of allylic oxidation sites excluding steroid dienone is 2. The van der Waals surface area contributed by atoms with Crippen LogP contribution in [0.5, 0.6) is 0 Å². The molecule has 12 heteroatoms. The third kappa shape index (κ3) is 14.4. The molecule has 6 rings (SSSR count). The van der Waals surface area contributed by atoms with Gasteiger partial charge in [-0.3, -0.25) is 0 Å². The number of hydrogen-bond acceptors (Lipinski definition) is 10. The van der Waals surface area contributed by atoms with Crippen molar-refractivity contribution in [2.45, 2.75) is 146 Å². The molecule has 1 saturated carbocycles. The summed E-state index contributed by atoms with van der Waals surface area (Å²) in [5, 5.41) is 11.2. The minimum absolute atomic E-state index is 0.0383. The minimum atomic E-state index is -0.581. The summed E-state index contributed by atoms with van der Waals surface area (Å²) in [6, 6.07) is 11.2. The molecule has 4 unspecified atom stereocenters. The molecule has 3 saturated heterocycles. The van der Waals surface area contributed by atoms with Crippen LogP contribution in [0.2, 0.25) is 0 Å². The van der Waals surface area contributed by atoms with E-state index in [1.807, 2.05) is 24.3 Å². The number of esters is 1. The first kappa shape index (κ1) is 44.1. The van der Waals surface area contributed by atoms with Gasteiger partial charge in [0.25, 0.3) is 0 Å². The van der Waals surface area contributed by atoms with E-state index in [9.17, 15) is 9.90 Å².